The molecule has 0 aliphatic rings. The molecule has 0 aliphatic carbocycles. The van der Waals surface area contributed by atoms with Gasteiger partial charge in [0.2, 0.25) is 0 Å². The summed E-state index contributed by atoms with van der Waals surface area (Å²) in [6.07, 6.45) is 0. The van der Waals surface area contributed by atoms with Gasteiger partial charge in [0.25, 0.3) is 0 Å². The van der Waals surface area contributed by atoms with Crippen molar-refractivity contribution in [2.45, 2.75) is 13.8 Å². The molecule has 3 aromatic carbocycles. The topological polar surface area (TPSA) is 69.3 Å². The monoisotopic (exact) mass is 425 g/mol. The van der Waals surface area contributed by atoms with Crippen molar-refractivity contribution in [3.05, 3.63) is 78.0 Å². The maximum absolute atomic E-state index is 12.8. The molecule has 32 heavy (non-hydrogen) atoms. The fourth-order valence-electron chi connectivity index (χ4n) is 4.37. The van der Waals surface area contributed by atoms with Gasteiger partial charge in [-0.2, -0.15) is 5.10 Å². The second-order valence-corrected chi connectivity index (χ2v) is 7.72. The van der Waals surface area contributed by atoms with E-state index in [4.69, 9.17) is 9.84 Å². The number of hydrogen-bond donors (Lipinski definition) is 1. The number of esters is 1. The number of aromatic hydroxyl groups is 1. The van der Waals surface area contributed by atoms with E-state index >= 15 is 0 Å². The average Bonchev–Trinajstić information content (AvgIpc) is 3.32. The Morgan fingerprint density at radius 3 is 2.34 bits per heavy atom. The van der Waals surface area contributed by atoms with E-state index in [0.29, 0.717) is 16.5 Å². The lowest BCUT2D eigenvalue weighted by molar-refractivity contribution is 0.0527. The van der Waals surface area contributed by atoms with Crippen LogP contribution in [0.4, 0.5) is 0 Å². The molecule has 0 saturated heterocycles. The van der Waals surface area contributed by atoms with Crippen molar-refractivity contribution in [2.75, 3.05) is 6.61 Å². The van der Waals surface area contributed by atoms with E-state index < -0.39 is 5.97 Å². The highest BCUT2D eigenvalue weighted by Crippen LogP contribution is 2.42. The molecular formula is C26H23N3O3. The Balaban J connectivity index is 1.97. The van der Waals surface area contributed by atoms with Crippen LogP contribution in [-0.2, 0) is 11.8 Å². The van der Waals surface area contributed by atoms with Crippen LogP contribution in [-0.4, -0.2) is 32.0 Å². The third-order valence-electron chi connectivity index (χ3n) is 5.90. The van der Waals surface area contributed by atoms with Crippen LogP contribution in [0.25, 0.3) is 38.8 Å². The van der Waals surface area contributed by atoms with Crippen molar-refractivity contribution in [3.63, 3.8) is 0 Å². The molecular weight excluding hydrogens is 402 g/mol. The molecule has 0 radical (unpaired) electrons. The van der Waals surface area contributed by atoms with Crippen LogP contribution in [0.2, 0.25) is 0 Å². The van der Waals surface area contributed by atoms with Gasteiger partial charge in [-0.3, -0.25) is 0 Å². The molecule has 0 bridgehead atoms. The summed E-state index contributed by atoms with van der Waals surface area (Å²) in [6.45, 7) is 3.95. The second-order valence-electron chi connectivity index (χ2n) is 7.72. The molecule has 0 atom stereocenters. The van der Waals surface area contributed by atoms with E-state index in [-0.39, 0.29) is 12.4 Å². The zero-order valence-electron chi connectivity index (χ0n) is 18.2. The summed E-state index contributed by atoms with van der Waals surface area (Å²) in [6, 6.07) is 21.2. The van der Waals surface area contributed by atoms with Crippen molar-refractivity contribution in [1.29, 1.82) is 0 Å². The van der Waals surface area contributed by atoms with Gasteiger partial charge in [-0.25, -0.2) is 9.48 Å². The summed E-state index contributed by atoms with van der Waals surface area (Å²) in [4.78, 5) is 12.8. The van der Waals surface area contributed by atoms with Crippen LogP contribution < -0.4 is 0 Å². The minimum absolute atomic E-state index is 0.0576. The first-order chi connectivity index (χ1) is 15.5. The molecule has 5 aromatic rings. The summed E-state index contributed by atoms with van der Waals surface area (Å²) >= 11 is 0. The van der Waals surface area contributed by atoms with Crippen molar-refractivity contribution in [3.8, 4) is 22.7 Å². The fraction of sp³-hybridized carbons (Fsp3) is 0.154. The lowest BCUT2D eigenvalue weighted by Crippen LogP contribution is -2.06. The lowest BCUT2D eigenvalue weighted by atomic mass is 10.0. The number of aryl methyl sites for hydroxylation is 1. The smallest absolute Gasteiger partial charge is 0.340 e. The number of aromatic nitrogens is 3. The van der Waals surface area contributed by atoms with Gasteiger partial charge in [0.05, 0.1) is 28.8 Å². The number of rotatable bonds is 4. The molecule has 1 N–H and O–H groups in total. The predicted molar refractivity (Wildman–Crippen MR) is 125 cm³/mol. The SMILES string of the molecule is CCOC(=O)c1c(C)n(C)c2c1cc(O)c1c2c(-c2ccccc2)nn1-c1ccccc1. The van der Waals surface area contributed by atoms with E-state index in [1.54, 1.807) is 17.7 Å². The Bertz CT molecular complexity index is 1470. The fourth-order valence-corrected chi connectivity index (χ4v) is 4.37. The minimum Gasteiger partial charge on any atom is -0.506 e. The first-order valence-electron chi connectivity index (χ1n) is 10.5. The predicted octanol–water partition coefficient (Wildman–Crippen LogP) is 5.37. The third-order valence-corrected chi connectivity index (χ3v) is 5.90. The lowest BCUT2D eigenvalue weighted by Gasteiger charge is -2.07. The maximum Gasteiger partial charge on any atom is 0.340 e. The number of carbonyl (C=O) groups excluding carboxylic acids is 1. The van der Waals surface area contributed by atoms with Gasteiger partial charge in [-0.05, 0) is 32.0 Å². The maximum atomic E-state index is 12.8. The van der Waals surface area contributed by atoms with Gasteiger partial charge < -0.3 is 14.4 Å². The standard InChI is InChI=1S/C26H23N3O3/c1-4-32-26(31)21-16(2)28(3)24-19(21)15-20(30)25-22(24)23(17-11-7-5-8-12-17)27-29(25)18-13-9-6-10-14-18/h5-15,30H,4H2,1-3H3. The molecule has 6 heteroatoms. The molecule has 0 aliphatic heterocycles. The van der Waals surface area contributed by atoms with Crippen LogP contribution in [0.15, 0.2) is 66.7 Å². The summed E-state index contributed by atoms with van der Waals surface area (Å²) < 4.78 is 9.06. The zero-order valence-corrected chi connectivity index (χ0v) is 18.2. The Morgan fingerprint density at radius 1 is 1.03 bits per heavy atom. The molecule has 0 saturated carbocycles. The molecule has 2 heterocycles. The second kappa shape index (κ2) is 7.57. The quantitative estimate of drug-likeness (QED) is 0.393. The summed E-state index contributed by atoms with van der Waals surface area (Å²) in [5.41, 5.74) is 5.17. The van der Waals surface area contributed by atoms with Gasteiger partial charge in [-0.15, -0.1) is 0 Å². The number of phenols is 1. The molecule has 2 aromatic heterocycles. The third kappa shape index (κ3) is 2.87. The summed E-state index contributed by atoms with van der Waals surface area (Å²) in [7, 11) is 1.92. The summed E-state index contributed by atoms with van der Waals surface area (Å²) in [5.74, 6) is -0.340. The number of benzene rings is 3. The van der Waals surface area contributed by atoms with E-state index in [1.165, 1.54) is 0 Å². The van der Waals surface area contributed by atoms with Crippen molar-refractivity contribution < 1.29 is 14.6 Å². The summed E-state index contributed by atoms with van der Waals surface area (Å²) in [5, 5.41) is 17.6. The van der Waals surface area contributed by atoms with E-state index in [2.05, 4.69) is 0 Å². The normalized spacial score (nSPS) is 11.3. The van der Waals surface area contributed by atoms with E-state index in [1.807, 2.05) is 79.2 Å². The van der Waals surface area contributed by atoms with Crippen molar-refractivity contribution in [2.24, 2.45) is 7.05 Å². The number of ether oxygens (including phenoxy) is 1. The molecule has 0 fully saturated rings. The van der Waals surface area contributed by atoms with Crippen LogP contribution >= 0.6 is 0 Å². The van der Waals surface area contributed by atoms with E-state index in [0.717, 1.165) is 33.5 Å². The van der Waals surface area contributed by atoms with Crippen LogP contribution in [0.3, 0.4) is 0 Å². The Labute approximate surface area is 185 Å². The average molecular weight is 425 g/mol. The first-order valence-corrected chi connectivity index (χ1v) is 10.5. The van der Waals surface area contributed by atoms with Gasteiger partial charge in [0, 0.05) is 23.7 Å². The molecule has 0 unspecified atom stereocenters. The molecule has 5 rings (SSSR count). The number of fused-ring (bicyclic) bond motifs is 3. The van der Waals surface area contributed by atoms with Crippen LogP contribution in [0, 0.1) is 6.92 Å². The zero-order chi connectivity index (χ0) is 22.4. The van der Waals surface area contributed by atoms with Crippen molar-refractivity contribution in [1.82, 2.24) is 14.3 Å². The highest BCUT2D eigenvalue weighted by atomic mass is 16.5. The Morgan fingerprint density at radius 2 is 1.69 bits per heavy atom. The Kier molecular flexibility index (Phi) is 4.70. The first kappa shape index (κ1) is 19.9. The largest absolute Gasteiger partial charge is 0.506 e. The Hall–Kier alpha value is -4.06. The molecule has 0 amide bonds. The number of phenolic OH excluding ortho intramolecular Hbond substituents is 1. The molecule has 6 nitrogen and oxygen atoms in total. The van der Waals surface area contributed by atoms with Gasteiger partial charge in [0.15, 0.2) is 0 Å². The van der Waals surface area contributed by atoms with E-state index in [9.17, 15) is 9.90 Å². The number of carbonyl (C=O) groups is 1. The molecule has 160 valence electrons. The highest BCUT2D eigenvalue weighted by molar-refractivity contribution is 6.19. The van der Waals surface area contributed by atoms with Gasteiger partial charge in [0.1, 0.15) is 17.0 Å². The van der Waals surface area contributed by atoms with Crippen LogP contribution in [0.1, 0.15) is 23.0 Å². The highest BCUT2D eigenvalue weighted by Gasteiger charge is 2.27. The van der Waals surface area contributed by atoms with Gasteiger partial charge in [-0.1, -0.05) is 48.5 Å². The van der Waals surface area contributed by atoms with Crippen molar-refractivity contribution >= 4 is 27.8 Å². The number of hydrogen-bond acceptors (Lipinski definition) is 4. The molecule has 0 spiro atoms. The number of para-hydroxylation sites is 1. The minimum atomic E-state index is -0.397. The van der Waals surface area contributed by atoms with Gasteiger partial charge >= 0.3 is 5.97 Å². The van der Waals surface area contributed by atoms with Crippen LogP contribution in [0.5, 0.6) is 5.75 Å². The number of nitrogens with zero attached hydrogens (tertiary/aromatic N) is 3.